The second-order valence-electron chi connectivity index (χ2n) is 12.9. The Balaban J connectivity index is 1.44. The molecule has 0 unspecified atom stereocenters. The molecule has 0 saturated carbocycles. The number of halogens is 1. The molecule has 2 heterocycles. The summed E-state index contributed by atoms with van der Waals surface area (Å²) in [5.74, 6) is -0.358. The van der Waals surface area contributed by atoms with Gasteiger partial charge in [0.15, 0.2) is 5.71 Å². The molecule has 7 nitrogen and oxygen atoms in total. The van der Waals surface area contributed by atoms with Crippen LogP contribution in [-0.4, -0.2) is 52.4 Å². The van der Waals surface area contributed by atoms with Gasteiger partial charge in [-0.25, -0.2) is 8.42 Å². The fourth-order valence-electron chi connectivity index (χ4n) is 6.97. The number of nitrogens with one attached hydrogen (secondary N) is 1. The van der Waals surface area contributed by atoms with Crippen LogP contribution in [0, 0.1) is 0 Å². The van der Waals surface area contributed by atoms with Crippen LogP contribution in [0.1, 0.15) is 58.6 Å². The topological polar surface area (TPSA) is 92.6 Å². The first-order valence-electron chi connectivity index (χ1n) is 15.7. The molecule has 242 valence electrons. The van der Waals surface area contributed by atoms with Gasteiger partial charge >= 0.3 is 0 Å². The quantitative estimate of drug-likeness (QED) is 0.0541. The van der Waals surface area contributed by atoms with Crippen molar-refractivity contribution in [2.24, 2.45) is 0 Å². The van der Waals surface area contributed by atoms with Gasteiger partial charge in [0.25, 0.3) is 0 Å². The number of allylic oxidation sites excluding steroid dienone is 6. The molecule has 9 heteroatoms. The Morgan fingerprint density at radius 1 is 1.00 bits per heavy atom. The molecule has 0 radical (unpaired) electrons. The van der Waals surface area contributed by atoms with E-state index in [4.69, 9.17) is 0 Å². The number of fused-ring (bicyclic) bond motifs is 4. The van der Waals surface area contributed by atoms with Crippen LogP contribution in [0.4, 0.5) is 17.1 Å². The Kier molecular flexibility index (Phi) is 9.96. The molecule has 5 rings (SSSR count). The fraction of sp³-hybridized carbons (Fsp3) is 0.351. The molecule has 0 bridgehead atoms. The lowest BCUT2D eigenvalue weighted by molar-refractivity contribution is -0.438. The fourth-order valence-corrected chi connectivity index (χ4v) is 7.72. The summed E-state index contributed by atoms with van der Waals surface area (Å²) < 4.78 is 36.4. The van der Waals surface area contributed by atoms with Crippen LogP contribution in [0.15, 0.2) is 90.7 Å². The van der Waals surface area contributed by atoms with Gasteiger partial charge in [-0.3, -0.25) is 4.79 Å². The molecular weight excluding hydrogens is 709 g/mol. The zero-order valence-electron chi connectivity index (χ0n) is 27.1. The zero-order chi connectivity index (χ0) is 33.3. The summed E-state index contributed by atoms with van der Waals surface area (Å²) in [6, 6.07) is 18.9. The van der Waals surface area contributed by atoms with Gasteiger partial charge in [0, 0.05) is 58.9 Å². The second-order valence-corrected chi connectivity index (χ2v) is 15.2. The molecule has 1 N–H and O–H groups in total. The summed E-state index contributed by atoms with van der Waals surface area (Å²) in [7, 11) is -4.24. The number of nitrogens with zero attached hydrogens (tertiary/aromatic N) is 2. The Bertz CT molecular complexity index is 1900. The summed E-state index contributed by atoms with van der Waals surface area (Å²) in [6.45, 7) is 12.5. The number of carbonyl (C=O) groups excluding carboxylic acids is 1. The van der Waals surface area contributed by atoms with Crippen LogP contribution in [0.2, 0.25) is 0 Å². The number of hydrogen-bond donors (Lipinski definition) is 1. The first-order valence-corrected chi connectivity index (χ1v) is 18.8. The largest absolute Gasteiger partial charge is 0.748 e. The van der Waals surface area contributed by atoms with Gasteiger partial charge in [0.05, 0.1) is 20.0 Å². The van der Waals surface area contributed by atoms with Crippen LogP contribution >= 0.6 is 22.6 Å². The van der Waals surface area contributed by atoms with Gasteiger partial charge < -0.3 is 14.8 Å². The smallest absolute Gasteiger partial charge is 0.234 e. The third-order valence-corrected chi connectivity index (χ3v) is 10.6. The van der Waals surface area contributed by atoms with E-state index in [1.807, 2.05) is 12.1 Å². The van der Waals surface area contributed by atoms with E-state index in [1.54, 1.807) is 0 Å². The first-order chi connectivity index (χ1) is 21.8. The molecule has 0 fully saturated rings. The lowest BCUT2D eigenvalue weighted by atomic mass is 9.79. The molecule has 0 aliphatic carbocycles. The van der Waals surface area contributed by atoms with Crippen molar-refractivity contribution in [1.82, 2.24) is 0 Å². The summed E-state index contributed by atoms with van der Waals surface area (Å²) in [6.07, 6.45) is 11.4. The highest BCUT2D eigenvalue weighted by Crippen LogP contribution is 2.48. The molecule has 3 aromatic rings. The lowest BCUT2D eigenvalue weighted by Crippen LogP contribution is -2.28. The molecule has 0 spiro atoms. The average molecular weight is 752 g/mol. The average Bonchev–Trinajstić information content (AvgIpc) is 3.36. The molecule has 2 aliphatic rings. The van der Waals surface area contributed by atoms with E-state index in [2.05, 4.69) is 145 Å². The maximum absolute atomic E-state index is 12.0. The predicted octanol–water partition coefficient (Wildman–Crippen LogP) is 7.73. The second kappa shape index (κ2) is 13.4. The van der Waals surface area contributed by atoms with Crippen molar-refractivity contribution >= 4 is 72.2 Å². The standard InChI is InChI=1S/C37H42IN3O4S/c1-6-40-30-21-19-27(39-34(42)25-38)24-29(30)36(2,3)32(40)16-8-7-9-17-33-37(4,5)35-28-15-11-10-14-26(28)18-20-31(35)41(33)22-12-13-23-46(43,44)45/h7-11,14-21,24H,6,12-13,22-23,25H2,1-5H3,(H-,39,42,43,44,45). The van der Waals surface area contributed by atoms with Crippen LogP contribution in [0.5, 0.6) is 0 Å². The zero-order valence-corrected chi connectivity index (χ0v) is 30.1. The van der Waals surface area contributed by atoms with Gasteiger partial charge in [-0.05, 0) is 73.9 Å². The SMILES string of the molecule is CCN1/C(=C/C=C/C=C/C2=[N+](CCCCS(=O)(=O)[O-])c3ccc4ccccc4c3C2(C)C)C(C)(C)c2cc(NC(=O)CI)ccc21. The van der Waals surface area contributed by atoms with E-state index in [9.17, 15) is 17.8 Å². The van der Waals surface area contributed by atoms with Crippen molar-refractivity contribution in [1.29, 1.82) is 0 Å². The van der Waals surface area contributed by atoms with Gasteiger partial charge in [-0.1, -0.05) is 78.9 Å². The van der Waals surface area contributed by atoms with Crippen molar-refractivity contribution in [3.05, 3.63) is 102 Å². The number of carbonyl (C=O) groups is 1. The van der Waals surface area contributed by atoms with E-state index in [1.165, 1.54) is 27.6 Å². The Morgan fingerprint density at radius 3 is 2.48 bits per heavy atom. The van der Waals surface area contributed by atoms with Crippen molar-refractivity contribution in [3.63, 3.8) is 0 Å². The van der Waals surface area contributed by atoms with Gasteiger partial charge in [-0.15, -0.1) is 0 Å². The van der Waals surface area contributed by atoms with Crippen LogP contribution in [0.3, 0.4) is 0 Å². The highest BCUT2D eigenvalue weighted by atomic mass is 127. The summed E-state index contributed by atoms with van der Waals surface area (Å²) in [5, 5.41) is 5.38. The third-order valence-electron chi connectivity index (χ3n) is 9.12. The minimum Gasteiger partial charge on any atom is -0.748 e. The number of alkyl halides is 1. The van der Waals surface area contributed by atoms with Gasteiger partial charge in [-0.2, -0.15) is 4.58 Å². The minimum absolute atomic E-state index is 0.0113. The van der Waals surface area contributed by atoms with E-state index >= 15 is 0 Å². The number of anilines is 2. The number of amides is 1. The molecule has 2 aliphatic heterocycles. The highest BCUT2D eigenvalue weighted by Gasteiger charge is 2.45. The van der Waals surface area contributed by atoms with Crippen molar-refractivity contribution < 1.29 is 22.3 Å². The van der Waals surface area contributed by atoms with E-state index in [0.717, 1.165) is 29.3 Å². The Labute approximate surface area is 286 Å². The Morgan fingerprint density at radius 2 is 1.76 bits per heavy atom. The monoisotopic (exact) mass is 751 g/mol. The molecule has 3 aromatic carbocycles. The number of hydrogen-bond acceptors (Lipinski definition) is 5. The van der Waals surface area contributed by atoms with E-state index in [-0.39, 0.29) is 22.5 Å². The van der Waals surface area contributed by atoms with Crippen molar-refractivity contribution in [2.45, 2.75) is 58.3 Å². The van der Waals surface area contributed by atoms with Crippen LogP contribution in [-0.2, 0) is 25.7 Å². The molecular formula is C37H42IN3O4S. The van der Waals surface area contributed by atoms with Crippen LogP contribution < -0.4 is 10.2 Å². The molecule has 0 saturated heterocycles. The number of benzene rings is 3. The number of unbranched alkanes of at least 4 members (excludes halogenated alkanes) is 1. The van der Waals surface area contributed by atoms with E-state index < -0.39 is 10.1 Å². The lowest BCUT2D eigenvalue weighted by Gasteiger charge is -2.25. The third kappa shape index (κ3) is 6.73. The Hall–Kier alpha value is -3.28. The molecule has 1 amide bonds. The minimum atomic E-state index is -4.24. The van der Waals surface area contributed by atoms with Crippen molar-refractivity contribution in [3.8, 4) is 0 Å². The molecule has 46 heavy (non-hydrogen) atoms. The number of rotatable bonds is 11. The highest BCUT2D eigenvalue weighted by molar-refractivity contribution is 14.1. The maximum Gasteiger partial charge on any atom is 0.234 e. The number of likely N-dealkylation sites (N-methyl/N-ethyl adjacent to an activating group) is 1. The maximum atomic E-state index is 12.0. The predicted molar refractivity (Wildman–Crippen MR) is 197 cm³/mol. The summed E-state index contributed by atoms with van der Waals surface area (Å²) in [4.78, 5) is 14.3. The summed E-state index contributed by atoms with van der Waals surface area (Å²) in [5.41, 5.74) is 7.32. The molecule has 0 atom stereocenters. The normalized spacial score (nSPS) is 17.9. The van der Waals surface area contributed by atoms with E-state index in [0.29, 0.717) is 23.8 Å². The first kappa shape index (κ1) is 34.1. The van der Waals surface area contributed by atoms with Crippen LogP contribution in [0.25, 0.3) is 10.8 Å². The summed E-state index contributed by atoms with van der Waals surface area (Å²) >= 11 is 2.07. The van der Waals surface area contributed by atoms with Gasteiger partial charge in [0.1, 0.15) is 6.54 Å². The van der Waals surface area contributed by atoms with Gasteiger partial charge in [0.2, 0.25) is 11.6 Å². The van der Waals surface area contributed by atoms with Crippen molar-refractivity contribution in [2.75, 3.05) is 33.5 Å². The molecule has 0 aromatic heterocycles.